The van der Waals surface area contributed by atoms with E-state index in [1.807, 2.05) is 6.92 Å². The molecule has 0 atom stereocenters. The molecule has 0 saturated heterocycles. The normalized spacial score (nSPS) is 13.8. The largest absolute Gasteiger partial charge is 0.268 e. The highest BCUT2D eigenvalue weighted by atomic mass is 79.9. The molecule has 21 heavy (non-hydrogen) atoms. The molecule has 2 amide bonds. The second kappa shape index (κ2) is 5.23. The Kier molecular flexibility index (Phi) is 3.67. The van der Waals surface area contributed by atoms with Gasteiger partial charge in [-0.2, -0.15) is 0 Å². The molecule has 0 unspecified atom stereocenters. The second-order valence-electron chi connectivity index (χ2n) is 4.62. The molecule has 6 heteroatoms. The number of benzene rings is 2. The molecule has 0 N–H and O–H groups in total. The van der Waals surface area contributed by atoms with Crippen LogP contribution in [0.15, 0.2) is 39.3 Å². The van der Waals surface area contributed by atoms with Crippen LogP contribution in [-0.4, -0.2) is 11.8 Å². The summed E-state index contributed by atoms with van der Waals surface area (Å²) in [5.41, 5.74) is 2.07. The lowest BCUT2D eigenvalue weighted by atomic mass is 10.1. The highest BCUT2D eigenvalue weighted by molar-refractivity contribution is 9.11. The molecule has 0 aromatic heterocycles. The number of rotatable bonds is 1. The lowest BCUT2D eigenvalue weighted by molar-refractivity contribution is 0.0926. The van der Waals surface area contributed by atoms with Crippen LogP contribution in [-0.2, 0) is 0 Å². The summed E-state index contributed by atoms with van der Waals surface area (Å²) in [5.74, 6) is -0.669. The van der Waals surface area contributed by atoms with Crippen molar-refractivity contribution in [2.45, 2.75) is 6.92 Å². The molecule has 0 radical (unpaired) electrons. The zero-order valence-corrected chi connectivity index (χ0v) is 14.7. The van der Waals surface area contributed by atoms with Gasteiger partial charge in [-0.1, -0.05) is 23.7 Å². The fourth-order valence-corrected chi connectivity index (χ4v) is 4.20. The van der Waals surface area contributed by atoms with E-state index in [4.69, 9.17) is 11.6 Å². The highest BCUT2D eigenvalue weighted by Crippen LogP contribution is 2.43. The summed E-state index contributed by atoms with van der Waals surface area (Å²) in [7, 11) is 0. The molecule has 1 heterocycles. The average molecular weight is 429 g/mol. The molecule has 1 aliphatic rings. The van der Waals surface area contributed by atoms with Gasteiger partial charge in [0.05, 0.1) is 16.8 Å². The van der Waals surface area contributed by atoms with E-state index >= 15 is 0 Å². The van der Waals surface area contributed by atoms with Crippen molar-refractivity contribution in [2.24, 2.45) is 0 Å². The summed E-state index contributed by atoms with van der Waals surface area (Å²) in [6, 6.07) is 8.47. The van der Waals surface area contributed by atoms with Crippen molar-refractivity contribution in [1.29, 1.82) is 0 Å². The Bertz CT molecular complexity index is 770. The van der Waals surface area contributed by atoms with Gasteiger partial charge in [-0.15, -0.1) is 0 Å². The number of imide groups is 1. The fraction of sp³-hybridized carbons (Fsp3) is 0.0667. The van der Waals surface area contributed by atoms with Crippen LogP contribution < -0.4 is 4.90 Å². The second-order valence-corrected chi connectivity index (χ2v) is 6.67. The fourth-order valence-electron chi connectivity index (χ4n) is 2.27. The molecule has 106 valence electrons. The van der Waals surface area contributed by atoms with Gasteiger partial charge in [0, 0.05) is 14.0 Å². The van der Waals surface area contributed by atoms with Crippen LogP contribution in [0.3, 0.4) is 0 Å². The minimum absolute atomic E-state index is 0.335. The number of hydrogen-bond donors (Lipinski definition) is 0. The zero-order valence-electron chi connectivity index (χ0n) is 10.8. The predicted molar refractivity (Wildman–Crippen MR) is 89.2 cm³/mol. The summed E-state index contributed by atoms with van der Waals surface area (Å²) in [6.07, 6.45) is 0. The van der Waals surface area contributed by atoms with Crippen LogP contribution in [0.25, 0.3) is 0 Å². The smallest absolute Gasteiger partial charge is 0.266 e. The molecule has 0 fully saturated rings. The SMILES string of the molecule is Cc1c(Cl)cc(Br)c(N2C(=O)c3ccccc3C2=O)c1Br. The van der Waals surface area contributed by atoms with Gasteiger partial charge in [-0.25, -0.2) is 4.90 Å². The van der Waals surface area contributed by atoms with Gasteiger partial charge in [0.1, 0.15) is 0 Å². The number of amides is 2. The lowest BCUT2D eigenvalue weighted by Gasteiger charge is -2.19. The molecule has 3 nitrogen and oxygen atoms in total. The first-order valence-electron chi connectivity index (χ1n) is 6.05. The van der Waals surface area contributed by atoms with E-state index in [1.165, 1.54) is 4.90 Å². The summed E-state index contributed by atoms with van der Waals surface area (Å²) in [6.45, 7) is 1.82. The number of carbonyl (C=O) groups excluding carboxylic acids is 2. The minimum Gasteiger partial charge on any atom is -0.268 e. The third-order valence-corrected chi connectivity index (χ3v) is 5.36. The topological polar surface area (TPSA) is 37.4 Å². The van der Waals surface area contributed by atoms with E-state index in [9.17, 15) is 9.59 Å². The van der Waals surface area contributed by atoms with Crippen molar-refractivity contribution in [3.63, 3.8) is 0 Å². The van der Waals surface area contributed by atoms with E-state index in [0.29, 0.717) is 30.8 Å². The van der Waals surface area contributed by atoms with Gasteiger partial charge in [-0.3, -0.25) is 9.59 Å². The van der Waals surface area contributed by atoms with Crippen LogP contribution in [0.2, 0.25) is 5.02 Å². The van der Waals surface area contributed by atoms with Gasteiger partial charge in [0.15, 0.2) is 0 Å². The van der Waals surface area contributed by atoms with E-state index < -0.39 is 0 Å². The maximum atomic E-state index is 12.5. The Morgan fingerprint density at radius 2 is 1.57 bits per heavy atom. The molecular weight excluding hydrogens is 421 g/mol. The summed E-state index contributed by atoms with van der Waals surface area (Å²) in [4.78, 5) is 26.2. The van der Waals surface area contributed by atoms with Crippen molar-refractivity contribution < 1.29 is 9.59 Å². The number of hydrogen-bond acceptors (Lipinski definition) is 2. The average Bonchev–Trinajstić information content (AvgIpc) is 2.71. The van der Waals surface area contributed by atoms with Crippen molar-refractivity contribution in [3.8, 4) is 0 Å². The molecule has 1 aliphatic heterocycles. The Morgan fingerprint density at radius 1 is 1.05 bits per heavy atom. The first-order valence-corrected chi connectivity index (χ1v) is 8.01. The maximum absolute atomic E-state index is 12.5. The van der Waals surface area contributed by atoms with Gasteiger partial charge in [0.25, 0.3) is 11.8 Å². The summed E-state index contributed by atoms with van der Waals surface area (Å²) in [5, 5.41) is 0.550. The van der Waals surface area contributed by atoms with Crippen LogP contribution in [0.4, 0.5) is 5.69 Å². The first-order chi connectivity index (χ1) is 9.93. The standard InChI is InChI=1S/C15H8Br2ClNO2/c1-7-11(18)6-10(16)13(12(7)17)19-14(20)8-4-2-3-5-9(8)15(19)21/h2-6H,1H3. The van der Waals surface area contributed by atoms with Crippen molar-refractivity contribution in [2.75, 3.05) is 4.90 Å². The third kappa shape index (κ3) is 2.15. The van der Waals surface area contributed by atoms with Crippen LogP contribution in [0.5, 0.6) is 0 Å². The van der Waals surface area contributed by atoms with Crippen molar-refractivity contribution in [3.05, 3.63) is 61.0 Å². The Morgan fingerprint density at radius 3 is 2.10 bits per heavy atom. The van der Waals surface area contributed by atoms with Crippen molar-refractivity contribution in [1.82, 2.24) is 0 Å². The van der Waals surface area contributed by atoms with E-state index in [1.54, 1.807) is 30.3 Å². The molecule has 0 spiro atoms. The maximum Gasteiger partial charge on any atom is 0.266 e. The van der Waals surface area contributed by atoms with Gasteiger partial charge in [-0.05, 0) is 62.5 Å². The van der Waals surface area contributed by atoms with Crippen LogP contribution >= 0.6 is 43.5 Å². The third-order valence-electron chi connectivity index (χ3n) is 3.39. The first kappa shape index (κ1) is 14.8. The molecule has 0 bridgehead atoms. The minimum atomic E-state index is -0.335. The van der Waals surface area contributed by atoms with Gasteiger partial charge < -0.3 is 0 Å². The molecule has 2 aromatic rings. The van der Waals surface area contributed by atoms with E-state index in [-0.39, 0.29) is 11.8 Å². The zero-order chi connectivity index (χ0) is 15.3. The molecule has 2 aromatic carbocycles. The Labute approximate surface area is 143 Å². The molecule has 3 rings (SSSR count). The number of anilines is 1. The van der Waals surface area contributed by atoms with E-state index in [2.05, 4.69) is 31.9 Å². The predicted octanol–water partition coefficient (Wildman–Crippen LogP) is 4.97. The quantitative estimate of drug-likeness (QED) is 0.600. The van der Waals surface area contributed by atoms with Crippen LogP contribution in [0.1, 0.15) is 26.3 Å². The number of carbonyl (C=O) groups is 2. The van der Waals surface area contributed by atoms with Crippen LogP contribution in [0, 0.1) is 6.92 Å². The number of halogens is 3. The van der Waals surface area contributed by atoms with Gasteiger partial charge >= 0.3 is 0 Å². The Balaban J connectivity index is 2.23. The summed E-state index contributed by atoms with van der Waals surface area (Å²) < 4.78 is 1.20. The number of nitrogens with zero attached hydrogens (tertiary/aromatic N) is 1. The summed E-state index contributed by atoms with van der Waals surface area (Å²) >= 11 is 12.9. The molecular formula is C15H8Br2ClNO2. The highest BCUT2D eigenvalue weighted by Gasteiger charge is 2.38. The van der Waals surface area contributed by atoms with Gasteiger partial charge in [0.2, 0.25) is 0 Å². The lowest BCUT2D eigenvalue weighted by Crippen LogP contribution is -2.30. The molecule has 0 aliphatic carbocycles. The monoisotopic (exact) mass is 427 g/mol. The van der Waals surface area contributed by atoms with Crippen molar-refractivity contribution >= 4 is 61.0 Å². The van der Waals surface area contributed by atoms with E-state index in [0.717, 1.165) is 5.56 Å². The molecule has 0 saturated carbocycles. The number of fused-ring (bicyclic) bond motifs is 1. The Hall–Kier alpha value is -1.17.